The molecule has 1 aromatic heterocycles. The Morgan fingerprint density at radius 1 is 1.35 bits per heavy atom. The summed E-state index contributed by atoms with van der Waals surface area (Å²) in [6, 6.07) is 9.21. The van der Waals surface area contributed by atoms with E-state index >= 15 is 0 Å². The van der Waals surface area contributed by atoms with Crippen molar-refractivity contribution >= 4 is 23.2 Å². The van der Waals surface area contributed by atoms with Gasteiger partial charge in [-0.3, -0.25) is 9.78 Å². The Hall–Kier alpha value is -2.07. The number of pyridine rings is 1. The van der Waals surface area contributed by atoms with Crippen LogP contribution < -0.4 is 11.1 Å². The first-order chi connectivity index (χ1) is 9.56. The summed E-state index contributed by atoms with van der Waals surface area (Å²) in [5.41, 5.74) is 8.44. The molecule has 1 aromatic carbocycles. The van der Waals surface area contributed by atoms with Crippen LogP contribution in [0.3, 0.4) is 0 Å². The summed E-state index contributed by atoms with van der Waals surface area (Å²) in [4.78, 5) is 16.1. The molecule has 0 saturated carbocycles. The Bertz CT molecular complexity index is 611. The van der Waals surface area contributed by atoms with Crippen molar-refractivity contribution in [1.29, 1.82) is 0 Å². The summed E-state index contributed by atoms with van der Waals surface area (Å²) >= 11 is 5.82. The highest BCUT2D eigenvalue weighted by atomic mass is 35.5. The van der Waals surface area contributed by atoms with Crippen LogP contribution in [0.4, 0.5) is 5.69 Å². The van der Waals surface area contributed by atoms with E-state index in [9.17, 15) is 4.79 Å². The monoisotopic (exact) mass is 289 g/mol. The highest BCUT2D eigenvalue weighted by molar-refractivity contribution is 6.30. The number of hydrogen-bond donors (Lipinski definition) is 2. The summed E-state index contributed by atoms with van der Waals surface area (Å²) in [6.07, 6.45) is 2.29. The maximum Gasteiger partial charge on any atom is 0.253 e. The van der Waals surface area contributed by atoms with E-state index in [0.29, 0.717) is 28.5 Å². The van der Waals surface area contributed by atoms with Crippen LogP contribution >= 0.6 is 11.6 Å². The minimum Gasteiger partial charge on any atom is -0.397 e. The number of carbonyl (C=O) groups is 1. The summed E-state index contributed by atoms with van der Waals surface area (Å²) in [5, 5.41) is 3.57. The highest BCUT2D eigenvalue weighted by Gasteiger charge is 2.09. The zero-order chi connectivity index (χ0) is 14.5. The zero-order valence-electron chi connectivity index (χ0n) is 11.2. The van der Waals surface area contributed by atoms with Crippen LogP contribution in [-0.2, 0) is 6.42 Å². The molecule has 1 heterocycles. The van der Waals surface area contributed by atoms with Gasteiger partial charge in [0.1, 0.15) is 0 Å². The number of halogens is 1. The number of carbonyl (C=O) groups excluding carboxylic acids is 1. The van der Waals surface area contributed by atoms with Gasteiger partial charge in [0.2, 0.25) is 0 Å². The van der Waals surface area contributed by atoms with E-state index < -0.39 is 0 Å². The van der Waals surface area contributed by atoms with E-state index in [0.717, 1.165) is 12.0 Å². The SMILES string of the molecule is Cc1ncc(N)cc1C(=O)NCCc1ccc(Cl)cc1. The minimum absolute atomic E-state index is 0.156. The van der Waals surface area contributed by atoms with Gasteiger partial charge in [0, 0.05) is 11.6 Å². The number of benzene rings is 1. The van der Waals surface area contributed by atoms with Gasteiger partial charge in [0.15, 0.2) is 0 Å². The van der Waals surface area contributed by atoms with Crippen LogP contribution in [0, 0.1) is 6.92 Å². The fourth-order valence-electron chi connectivity index (χ4n) is 1.85. The Kier molecular flexibility index (Phi) is 4.58. The number of amides is 1. The minimum atomic E-state index is -0.156. The summed E-state index contributed by atoms with van der Waals surface area (Å²) in [7, 11) is 0. The van der Waals surface area contributed by atoms with Gasteiger partial charge < -0.3 is 11.1 Å². The number of nitrogen functional groups attached to an aromatic ring is 1. The molecule has 2 rings (SSSR count). The molecule has 0 saturated heterocycles. The molecule has 0 bridgehead atoms. The molecule has 0 aliphatic rings. The average molecular weight is 290 g/mol. The summed E-state index contributed by atoms with van der Waals surface area (Å²) in [5.74, 6) is -0.156. The van der Waals surface area contributed by atoms with Crippen molar-refractivity contribution in [2.45, 2.75) is 13.3 Å². The molecule has 3 N–H and O–H groups in total. The zero-order valence-corrected chi connectivity index (χ0v) is 11.9. The topological polar surface area (TPSA) is 68.0 Å². The highest BCUT2D eigenvalue weighted by Crippen LogP contribution is 2.11. The van der Waals surface area contributed by atoms with Gasteiger partial charge in [-0.15, -0.1) is 0 Å². The van der Waals surface area contributed by atoms with E-state index in [-0.39, 0.29) is 5.91 Å². The van der Waals surface area contributed by atoms with Crippen molar-refractivity contribution in [3.8, 4) is 0 Å². The molecule has 4 nitrogen and oxygen atoms in total. The standard InChI is InChI=1S/C15H16ClN3O/c1-10-14(8-13(17)9-19-10)15(20)18-7-6-11-2-4-12(16)5-3-11/h2-5,8-9H,6-7,17H2,1H3,(H,18,20). The number of hydrogen-bond acceptors (Lipinski definition) is 3. The van der Waals surface area contributed by atoms with Crippen LogP contribution in [0.5, 0.6) is 0 Å². The normalized spacial score (nSPS) is 10.3. The van der Waals surface area contributed by atoms with Gasteiger partial charge in [0.05, 0.1) is 23.1 Å². The third kappa shape index (κ3) is 3.71. The second-order valence-corrected chi connectivity index (χ2v) is 4.97. The Balaban J connectivity index is 1.92. The molecule has 0 spiro atoms. The van der Waals surface area contributed by atoms with E-state index in [1.54, 1.807) is 19.2 Å². The second kappa shape index (κ2) is 6.39. The van der Waals surface area contributed by atoms with E-state index in [1.165, 1.54) is 0 Å². The lowest BCUT2D eigenvalue weighted by molar-refractivity contribution is 0.0953. The van der Waals surface area contributed by atoms with Crippen LogP contribution in [0.25, 0.3) is 0 Å². The molecule has 0 unspecified atom stereocenters. The average Bonchev–Trinajstić information content (AvgIpc) is 2.43. The van der Waals surface area contributed by atoms with Crippen LogP contribution in [0.15, 0.2) is 36.5 Å². The van der Waals surface area contributed by atoms with Crippen molar-refractivity contribution in [2.75, 3.05) is 12.3 Å². The third-order valence-corrected chi connectivity index (χ3v) is 3.22. The number of aromatic nitrogens is 1. The largest absolute Gasteiger partial charge is 0.397 e. The predicted octanol–water partition coefficient (Wildman–Crippen LogP) is 2.60. The number of aryl methyl sites for hydroxylation is 1. The molecule has 0 aliphatic carbocycles. The van der Waals surface area contributed by atoms with Crippen molar-refractivity contribution in [1.82, 2.24) is 10.3 Å². The lowest BCUT2D eigenvalue weighted by atomic mass is 10.1. The maximum atomic E-state index is 12.0. The molecule has 0 radical (unpaired) electrons. The second-order valence-electron chi connectivity index (χ2n) is 4.53. The number of rotatable bonds is 4. The first-order valence-corrected chi connectivity index (χ1v) is 6.69. The van der Waals surface area contributed by atoms with Gasteiger partial charge in [-0.1, -0.05) is 23.7 Å². The van der Waals surface area contributed by atoms with Gasteiger partial charge in [-0.25, -0.2) is 0 Å². The lowest BCUT2D eigenvalue weighted by Crippen LogP contribution is -2.26. The quantitative estimate of drug-likeness (QED) is 0.909. The molecular formula is C15H16ClN3O. The fourth-order valence-corrected chi connectivity index (χ4v) is 1.97. The van der Waals surface area contributed by atoms with Crippen LogP contribution in [0.1, 0.15) is 21.6 Å². The Morgan fingerprint density at radius 2 is 2.05 bits per heavy atom. The van der Waals surface area contributed by atoms with Gasteiger partial charge >= 0.3 is 0 Å². The molecule has 0 fully saturated rings. The van der Waals surface area contributed by atoms with Crippen molar-refractivity contribution in [3.63, 3.8) is 0 Å². The molecular weight excluding hydrogens is 274 g/mol. The van der Waals surface area contributed by atoms with E-state index in [2.05, 4.69) is 10.3 Å². The molecule has 0 aliphatic heterocycles. The molecule has 2 aromatic rings. The maximum absolute atomic E-state index is 12.0. The number of nitrogens with one attached hydrogen (secondary N) is 1. The number of nitrogens with zero attached hydrogens (tertiary/aromatic N) is 1. The molecule has 0 atom stereocenters. The Morgan fingerprint density at radius 3 is 2.75 bits per heavy atom. The fraction of sp³-hybridized carbons (Fsp3) is 0.200. The first kappa shape index (κ1) is 14.3. The van der Waals surface area contributed by atoms with E-state index in [1.807, 2.05) is 24.3 Å². The van der Waals surface area contributed by atoms with Gasteiger partial charge in [-0.05, 0) is 37.1 Å². The molecule has 20 heavy (non-hydrogen) atoms. The van der Waals surface area contributed by atoms with Crippen molar-refractivity contribution < 1.29 is 4.79 Å². The number of nitrogens with two attached hydrogens (primary N) is 1. The van der Waals surface area contributed by atoms with Crippen LogP contribution in [0.2, 0.25) is 5.02 Å². The molecule has 104 valence electrons. The third-order valence-electron chi connectivity index (χ3n) is 2.97. The first-order valence-electron chi connectivity index (χ1n) is 6.31. The van der Waals surface area contributed by atoms with Gasteiger partial charge in [0.25, 0.3) is 5.91 Å². The van der Waals surface area contributed by atoms with Crippen molar-refractivity contribution in [2.24, 2.45) is 0 Å². The predicted molar refractivity (Wildman–Crippen MR) is 80.9 cm³/mol. The van der Waals surface area contributed by atoms with Gasteiger partial charge in [-0.2, -0.15) is 0 Å². The summed E-state index contributed by atoms with van der Waals surface area (Å²) in [6.45, 7) is 2.34. The van der Waals surface area contributed by atoms with E-state index in [4.69, 9.17) is 17.3 Å². The molecule has 1 amide bonds. The number of anilines is 1. The smallest absolute Gasteiger partial charge is 0.253 e. The lowest BCUT2D eigenvalue weighted by Gasteiger charge is -2.08. The van der Waals surface area contributed by atoms with Crippen LogP contribution in [-0.4, -0.2) is 17.4 Å². The summed E-state index contributed by atoms with van der Waals surface area (Å²) < 4.78 is 0. The Labute approximate surface area is 123 Å². The molecule has 5 heteroatoms. The van der Waals surface area contributed by atoms with Crippen molar-refractivity contribution in [3.05, 3.63) is 58.4 Å².